The van der Waals surface area contributed by atoms with Gasteiger partial charge in [-0.1, -0.05) is 170 Å². The summed E-state index contributed by atoms with van der Waals surface area (Å²) in [6, 6.07) is 78.2. The van der Waals surface area contributed by atoms with Crippen molar-refractivity contribution in [3.63, 3.8) is 0 Å². The summed E-state index contributed by atoms with van der Waals surface area (Å²) in [6.07, 6.45) is 0. The lowest BCUT2D eigenvalue weighted by molar-refractivity contribution is 0.669. The molecule has 11 aromatic rings. The van der Waals surface area contributed by atoms with Gasteiger partial charge in [0.1, 0.15) is 11.2 Å². The first kappa shape index (κ1) is 32.4. The molecule has 0 saturated carbocycles. The third-order valence-corrected chi connectivity index (χ3v) is 13.0. The number of hydrogen-bond acceptors (Lipinski definition) is 2. The van der Waals surface area contributed by atoms with Crippen molar-refractivity contribution >= 4 is 60.5 Å². The summed E-state index contributed by atoms with van der Waals surface area (Å²) < 4.78 is 6.49. The van der Waals surface area contributed by atoms with Crippen LogP contribution in [0.5, 0.6) is 0 Å². The molecule has 2 nitrogen and oxygen atoms in total. The summed E-state index contributed by atoms with van der Waals surface area (Å²) in [7, 11) is 0. The fourth-order valence-electron chi connectivity index (χ4n) is 10.6. The summed E-state index contributed by atoms with van der Waals surface area (Å²) in [5, 5.41) is 7.03. The normalized spacial score (nSPS) is 13.2. The number of anilines is 3. The lowest BCUT2D eigenvalue weighted by Gasteiger charge is -2.33. The molecule has 1 spiro atoms. The Morgan fingerprint density at radius 3 is 1.63 bits per heavy atom. The maximum absolute atomic E-state index is 6.49. The Balaban J connectivity index is 1.10. The Kier molecular flexibility index (Phi) is 6.68. The minimum absolute atomic E-state index is 0.448. The van der Waals surface area contributed by atoms with Crippen LogP contribution in [0.1, 0.15) is 22.3 Å². The summed E-state index contributed by atoms with van der Waals surface area (Å²) in [4.78, 5) is 2.53. The SMILES string of the molecule is c1ccc(N(c2cccc3c2-c2ccccc2C32c3ccccc3-c3ccccc32)c2cccc3ccccc23)c(-c2ccc3oc4cc5ccccc5cc4c3c2)c1. The monoisotopic (exact) mass is 749 g/mol. The standard InChI is InChI=1S/C57H35NO/c1-2-17-38-35-55-46(33-37(38)16-1)45-34-39(31-32-54(45)59-55)41-20-8-12-28-51(41)58(52-29-13-18-36-15-3-4-19-40(36)52)53-30-14-27-50-56(53)44-23-7-11-26-49(44)57(50)47-24-9-5-21-42(47)43-22-6-10-25-48(43)57/h1-35H. The van der Waals surface area contributed by atoms with Gasteiger partial charge in [-0.05, 0) is 103 Å². The fraction of sp³-hybridized carbons (Fsp3) is 0.0175. The van der Waals surface area contributed by atoms with Crippen LogP contribution in [-0.2, 0) is 5.41 Å². The van der Waals surface area contributed by atoms with Crippen molar-refractivity contribution in [1.82, 2.24) is 0 Å². The van der Waals surface area contributed by atoms with Crippen LogP contribution < -0.4 is 4.90 Å². The number of rotatable bonds is 4. The van der Waals surface area contributed by atoms with E-state index in [2.05, 4.69) is 217 Å². The van der Waals surface area contributed by atoms with Gasteiger partial charge in [0.05, 0.1) is 22.5 Å². The first-order chi connectivity index (χ1) is 29.3. The number of para-hydroxylation sites is 1. The molecule has 274 valence electrons. The Hall–Kier alpha value is -7.68. The van der Waals surface area contributed by atoms with Crippen LogP contribution in [0.3, 0.4) is 0 Å². The first-order valence-corrected chi connectivity index (χ1v) is 20.4. The van der Waals surface area contributed by atoms with E-state index in [4.69, 9.17) is 4.42 Å². The molecule has 2 heteroatoms. The van der Waals surface area contributed by atoms with Crippen molar-refractivity contribution < 1.29 is 4.42 Å². The maximum atomic E-state index is 6.49. The molecule has 0 amide bonds. The third kappa shape index (κ3) is 4.40. The van der Waals surface area contributed by atoms with Crippen LogP contribution in [0.4, 0.5) is 17.1 Å². The molecule has 59 heavy (non-hydrogen) atoms. The molecule has 0 N–H and O–H groups in total. The highest BCUT2D eigenvalue weighted by atomic mass is 16.3. The van der Waals surface area contributed by atoms with E-state index < -0.39 is 5.41 Å². The quantitative estimate of drug-likeness (QED) is 0.178. The molecule has 2 aliphatic rings. The Bertz CT molecular complexity index is 3480. The van der Waals surface area contributed by atoms with Crippen molar-refractivity contribution in [3.05, 3.63) is 235 Å². The van der Waals surface area contributed by atoms with Gasteiger partial charge in [-0.2, -0.15) is 0 Å². The van der Waals surface area contributed by atoms with Crippen LogP contribution >= 0.6 is 0 Å². The topological polar surface area (TPSA) is 16.4 Å². The van der Waals surface area contributed by atoms with Gasteiger partial charge in [0.2, 0.25) is 0 Å². The summed E-state index contributed by atoms with van der Waals surface area (Å²) in [5.74, 6) is 0. The van der Waals surface area contributed by atoms with Crippen LogP contribution in [0.25, 0.3) is 76.9 Å². The molecule has 0 atom stereocenters. The first-order valence-electron chi connectivity index (χ1n) is 20.4. The van der Waals surface area contributed by atoms with E-state index in [1.165, 1.54) is 66.1 Å². The molecule has 2 aliphatic carbocycles. The molecular formula is C57H35NO. The van der Waals surface area contributed by atoms with E-state index in [-0.39, 0.29) is 0 Å². The average Bonchev–Trinajstić information content (AvgIpc) is 3.92. The van der Waals surface area contributed by atoms with Gasteiger partial charge in [-0.25, -0.2) is 0 Å². The smallest absolute Gasteiger partial charge is 0.136 e. The molecule has 0 bridgehead atoms. The summed E-state index contributed by atoms with van der Waals surface area (Å²) in [5.41, 5.74) is 17.5. The lowest BCUT2D eigenvalue weighted by atomic mass is 9.70. The summed E-state index contributed by atoms with van der Waals surface area (Å²) >= 11 is 0. The Morgan fingerprint density at radius 2 is 0.847 bits per heavy atom. The van der Waals surface area contributed by atoms with E-state index in [9.17, 15) is 0 Å². The highest BCUT2D eigenvalue weighted by Crippen LogP contribution is 2.65. The molecule has 10 aromatic carbocycles. The largest absolute Gasteiger partial charge is 0.456 e. The van der Waals surface area contributed by atoms with Gasteiger partial charge in [0.15, 0.2) is 0 Å². The Labute approximate surface area is 341 Å². The van der Waals surface area contributed by atoms with E-state index in [0.29, 0.717) is 0 Å². The molecule has 0 saturated heterocycles. The zero-order valence-corrected chi connectivity index (χ0v) is 32.1. The van der Waals surface area contributed by atoms with E-state index in [1.54, 1.807) is 0 Å². The molecule has 1 heterocycles. The zero-order chi connectivity index (χ0) is 38.7. The van der Waals surface area contributed by atoms with E-state index in [1.807, 2.05) is 0 Å². The van der Waals surface area contributed by atoms with Gasteiger partial charge in [-0.3, -0.25) is 0 Å². The predicted octanol–water partition coefficient (Wildman–Crippen LogP) is 15.4. The van der Waals surface area contributed by atoms with Crippen molar-refractivity contribution in [1.29, 1.82) is 0 Å². The van der Waals surface area contributed by atoms with Gasteiger partial charge in [0.25, 0.3) is 0 Å². The maximum Gasteiger partial charge on any atom is 0.136 e. The van der Waals surface area contributed by atoms with Gasteiger partial charge in [0, 0.05) is 27.3 Å². The predicted molar refractivity (Wildman–Crippen MR) is 245 cm³/mol. The second kappa shape index (κ2) is 12.2. The van der Waals surface area contributed by atoms with Gasteiger partial charge < -0.3 is 9.32 Å². The molecular weight excluding hydrogens is 715 g/mol. The average molecular weight is 750 g/mol. The van der Waals surface area contributed by atoms with E-state index in [0.717, 1.165) is 50.1 Å². The van der Waals surface area contributed by atoms with Crippen molar-refractivity contribution in [3.8, 4) is 33.4 Å². The second-order valence-electron chi connectivity index (χ2n) is 15.9. The molecule has 0 aliphatic heterocycles. The lowest BCUT2D eigenvalue weighted by Crippen LogP contribution is -2.26. The fourth-order valence-corrected chi connectivity index (χ4v) is 10.6. The minimum atomic E-state index is -0.448. The molecule has 0 unspecified atom stereocenters. The van der Waals surface area contributed by atoms with Crippen molar-refractivity contribution in [2.45, 2.75) is 5.41 Å². The van der Waals surface area contributed by atoms with Crippen molar-refractivity contribution in [2.75, 3.05) is 4.90 Å². The highest BCUT2D eigenvalue weighted by Gasteiger charge is 2.52. The van der Waals surface area contributed by atoms with Crippen LogP contribution in [-0.4, -0.2) is 0 Å². The van der Waals surface area contributed by atoms with Crippen molar-refractivity contribution in [2.24, 2.45) is 0 Å². The summed E-state index contributed by atoms with van der Waals surface area (Å²) in [6.45, 7) is 0. The number of benzene rings is 10. The zero-order valence-electron chi connectivity index (χ0n) is 32.1. The van der Waals surface area contributed by atoms with Crippen LogP contribution in [0.15, 0.2) is 217 Å². The number of hydrogen-bond donors (Lipinski definition) is 0. The number of fused-ring (bicyclic) bond motifs is 15. The molecule has 1 aromatic heterocycles. The Morgan fingerprint density at radius 1 is 0.322 bits per heavy atom. The molecule has 13 rings (SSSR count). The second-order valence-corrected chi connectivity index (χ2v) is 15.9. The van der Waals surface area contributed by atoms with Crippen LogP contribution in [0, 0.1) is 0 Å². The number of furan rings is 1. The van der Waals surface area contributed by atoms with Crippen LogP contribution in [0.2, 0.25) is 0 Å². The number of nitrogens with zero attached hydrogens (tertiary/aromatic N) is 1. The van der Waals surface area contributed by atoms with Gasteiger partial charge >= 0.3 is 0 Å². The minimum Gasteiger partial charge on any atom is -0.456 e. The highest BCUT2D eigenvalue weighted by molar-refractivity contribution is 6.12. The van der Waals surface area contributed by atoms with E-state index >= 15 is 0 Å². The molecule has 0 radical (unpaired) electrons. The molecule has 0 fully saturated rings. The van der Waals surface area contributed by atoms with Gasteiger partial charge in [-0.15, -0.1) is 0 Å². The third-order valence-electron chi connectivity index (χ3n) is 13.0.